The molecule has 2 amide bonds. The Bertz CT molecular complexity index is 303. The standard InChI is InChI=1S/C10H17N3O2S/c1-2-8(3-4-14)13-10(15)11-5-9-6-16-7-12-9/h6-8,14H,2-5H2,1H3,(H2,11,13,15). The highest BCUT2D eigenvalue weighted by Crippen LogP contribution is 2.00. The summed E-state index contributed by atoms with van der Waals surface area (Å²) in [4.78, 5) is 15.5. The summed E-state index contributed by atoms with van der Waals surface area (Å²) >= 11 is 1.50. The quantitative estimate of drug-likeness (QED) is 0.700. The van der Waals surface area contributed by atoms with E-state index in [1.807, 2.05) is 12.3 Å². The van der Waals surface area contributed by atoms with Crippen LogP contribution in [0.1, 0.15) is 25.5 Å². The number of thiazole rings is 1. The van der Waals surface area contributed by atoms with Crippen LogP contribution in [0.3, 0.4) is 0 Å². The summed E-state index contributed by atoms with van der Waals surface area (Å²) in [6.45, 7) is 2.50. The molecular weight excluding hydrogens is 226 g/mol. The van der Waals surface area contributed by atoms with Gasteiger partial charge in [0.05, 0.1) is 17.7 Å². The molecule has 16 heavy (non-hydrogen) atoms. The molecule has 5 nitrogen and oxygen atoms in total. The average Bonchev–Trinajstić information content (AvgIpc) is 2.78. The second-order valence-corrected chi connectivity index (χ2v) is 4.14. The van der Waals surface area contributed by atoms with Gasteiger partial charge in [0.15, 0.2) is 0 Å². The third kappa shape index (κ3) is 4.59. The molecular formula is C10H17N3O2S. The van der Waals surface area contributed by atoms with Gasteiger partial charge in [-0.1, -0.05) is 6.92 Å². The van der Waals surface area contributed by atoms with Crippen molar-refractivity contribution < 1.29 is 9.90 Å². The highest BCUT2D eigenvalue weighted by atomic mass is 32.1. The van der Waals surface area contributed by atoms with Gasteiger partial charge in [0.25, 0.3) is 0 Å². The zero-order valence-electron chi connectivity index (χ0n) is 9.27. The van der Waals surface area contributed by atoms with E-state index in [0.29, 0.717) is 13.0 Å². The van der Waals surface area contributed by atoms with Gasteiger partial charge in [0.1, 0.15) is 0 Å². The Morgan fingerprint density at radius 2 is 2.50 bits per heavy atom. The van der Waals surface area contributed by atoms with E-state index in [0.717, 1.165) is 12.1 Å². The first-order chi connectivity index (χ1) is 7.76. The van der Waals surface area contributed by atoms with Crippen LogP contribution in [-0.4, -0.2) is 28.8 Å². The van der Waals surface area contributed by atoms with Crippen LogP contribution >= 0.6 is 11.3 Å². The van der Waals surface area contributed by atoms with E-state index in [9.17, 15) is 4.79 Å². The number of carbonyl (C=O) groups is 1. The fraction of sp³-hybridized carbons (Fsp3) is 0.600. The predicted octanol–water partition coefficient (Wildman–Crippen LogP) is 1.10. The van der Waals surface area contributed by atoms with Crippen molar-refractivity contribution in [1.29, 1.82) is 0 Å². The number of urea groups is 1. The first-order valence-electron chi connectivity index (χ1n) is 5.28. The molecule has 0 aromatic carbocycles. The molecule has 6 heteroatoms. The van der Waals surface area contributed by atoms with Crippen molar-refractivity contribution >= 4 is 17.4 Å². The minimum atomic E-state index is -0.215. The van der Waals surface area contributed by atoms with E-state index in [-0.39, 0.29) is 18.7 Å². The lowest BCUT2D eigenvalue weighted by Crippen LogP contribution is -2.41. The molecule has 0 spiro atoms. The normalized spacial score (nSPS) is 12.1. The fourth-order valence-electron chi connectivity index (χ4n) is 1.27. The molecule has 1 atom stereocenters. The Labute approximate surface area is 98.9 Å². The molecule has 1 rings (SSSR count). The number of nitrogens with one attached hydrogen (secondary N) is 2. The van der Waals surface area contributed by atoms with Crippen molar-refractivity contribution in [2.24, 2.45) is 0 Å². The zero-order valence-corrected chi connectivity index (χ0v) is 10.1. The number of hydrogen-bond donors (Lipinski definition) is 3. The predicted molar refractivity (Wildman–Crippen MR) is 63.3 cm³/mol. The van der Waals surface area contributed by atoms with Gasteiger partial charge in [-0.3, -0.25) is 0 Å². The van der Waals surface area contributed by atoms with Crippen molar-refractivity contribution in [3.63, 3.8) is 0 Å². The van der Waals surface area contributed by atoms with Crippen molar-refractivity contribution in [3.05, 3.63) is 16.6 Å². The Kier molecular flexibility index (Phi) is 5.81. The van der Waals surface area contributed by atoms with Crippen LogP contribution in [0.15, 0.2) is 10.9 Å². The number of aromatic nitrogens is 1. The Morgan fingerprint density at radius 1 is 1.69 bits per heavy atom. The Hall–Kier alpha value is -1.14. The van der Waals surface area contributed by atoms with Crippen molar-refractivity contribution in [3.8, 4) is 0 Å². The average molecular weight is 243 g/mol. The summed E-state index contributed by atoms with van der Waals surface area (Å²) in [5, 5.41) is 16.2. The number of aliphatic hydroxyl groups excluding tert-OH is 1. The summed E-state index contributed by atoms with van der Waals surface area (Å²) in [6, 6.07) is -0.186. The van der Waals surface area contributed by atoms with Gasteiger partial charge in [-0.25, -0.2) is 9.78 Å². The molecule has 0 fully saturated rings. The maximum Gasteiger partial charge on any atom is 0.315 e. The number of carbonyl (C=O) groups excluding carboxylic acids is 1. The zero-order chi connectivity index (χ0) is 11.8. The number of amides is 2. The molecule has 0 bridgehead atoms. The number of hydrogen-bond acceptors (Lipinski definition) is 4. The van der Waals surface area contributed by atoms with E-state index in [1.165, 1.54) is 11.3 Å². The third-order valence-electron chi connectivity index (χ3n) is 2.22. The van der Waals surface area contributed by atoms with E-state index in [2.05, 4.69) is 15.6 Å². The van der Waals surface area contributed by atoms with E-state index < -0.39 is 0 Å². The molecule has 3 N–H and O–H groups in total. The number of rotatable bonds is 6. The first-order valence-corrected chi connectivity index (χ1v) is 6.22. The van der Waals surface area contributed by atoms with Crippen LogP contribution in [0.2, 0.25) is 0 Å². The molecule has 1 aromatic heterocycles. The molecule has 0 aliphatic heterocycles. The van der Waals surface area contributed by atoms with Gasteiger partial charge in [-0.2, -0.15) is 0 Å². The van der Waals surface area contributed by atoms with Crippen LogP contribution in [0.4, 0.5) is 4.79 Å². The lowest BCUT2D eigenvalue weighted by Gasteiger charge is -2.15. The smallest absolute Gasteiger partial charge is 0.315 e. The van der Waals surface area contributed by atoms with Crippen LogP contribution < -0.4 is 10.6 Å². The highest BCUT2D eigenvalue weighted by Gasteiger charge is 2.09. The maximum absolute atomic E-state index is 11.5. The fourth-order valence-corrected chi connectivity index (χ4v) is 1.82. The maximum atomic E-state index is 11.5. The van der Waals surface area contributed by atoms with Gasteiger partial charge < -0.3 is 15.7 Å². The molecule has 0 saturated heterocycles. The molecule has 1 unspecified atom stereocenters. The van der Waals surface area contributed by atoms with Crippen LogP contribution in [-0.2, 0) is 6.54 Å². The van der Waals surface area contributed by atoms with Gasteiger partial charge in [0, 0.05) is 18.0 Å². The van der Waals surface area contributed by atoms with Crippen molar-refractivity contribution in [2.45, 2.75) is 32.4 Å². The molecule has 0 saturated carbocycles. The third-order valence-corrected chi connectivity index (χ3v) is 2.85. The Balaban J connectivity index is 2.24. The topological polar surface area (TPSA) is 74.2 Å². The minimum Gasteiger partial charge on any atom is -0.396 e. The van der Waals surface area contributed by atoms with Gasteiger partial charge >= 0.3 is 6.03 Å². The lowest BCUT2D eigenvalue weighted by atomic mass is 10.2. The second-order valence-electron chi connectivity index (χ2n) is 3.42. The van der Waals surface area contributed by atoms with Crippen molar-refractivity contribution in [1.82, 2.24) is 15.6 Å². The van der Waals surface area contributed by atoms with E-state index in [1.54, 1.807) is 5.51 Å². The molecule has 1 heterocycles. The number of aliphatic hydroxyl groups is 1. The summed E-state index contributed by atoms with van der Waals surface area (Å²) in [5.74, 6) is 0. The monoisotopic (exact) mass is 243 g/mol. The van der Waals surface area contributed by atoms with Gasteiger partial charge in [-0.15, -0.1) is 11.3 Å². The Morgan fingerprint density at radius 3 is 3.06 bits per heavy atom. The van der Waals surface area contributed by atoms with Gasteiger partial charge in [-0.05, 0) is 12.8 Å². The highest BCUT2D eigenvalue weighted by molar-refractivity contribution is 7.07. The summed E-state index contributed by atoms with van der Waals surface area (Å²) in [5.41, 5.74) is 2.59. The largest absolute Gasteiger partial charge is 0.396 e. The molecule has 90 valence electrons. The number of nitrogens with zero attached hydrogens (tertiary/aromatic N) is 1. The molecule has 0 aliphatic rings. The first kappa shape index (κ1) is 12.9. The second kappa shape index (κ2) is 7.19. The van der Waals surface area contributed by atoms with Gasteiger partial charge in [0.2, 0.25) is 0 Å². The van der Waals surface area contributed by atoms with E-state index in [4.69, 9.17) is 5.11 Å². The summed E-state index contributed by atoms with van der Waals surface area (Å²) in [6.07, 6.45) is 1.39. The van der Waals surface area contributed by atoms with Crippen LogP contribution in [0.5, 0.6) is 0 Å². The molecule has 0 radical (unpaired) electrons. The molecule has 0 aliphatic carbocycles. The SMILES string of the molecule is CCC(CCO)NC(=O)NCc1cscn1. The lowest BCUT2D eigenvalue weighted by molar-refractivity contribution is 0.227. The van der Waals surface area contributed by atoms with Crippen LogP contribution in [0.25, 0.3) is 0 Å². The van der Waals surface area contributed by atoms with E-state index >= 15 is 0 Å². The minimum absolute atomic E-state index is 0.0282. The van der Waals surface area contributed by atoms with Crippen LogP contribution in [0, 0.1) is 0 Å². The molecule has 1 aromatic rings. The summed E-state index contributed by atoms with van der Waals surface area (Å²) < 4.78 is 0. The summed E-state index contributed by atoms with van der Waals surface area (Å²) in [7, 11) is 0. The van der Waals surface area contributed by atoms with Crippen molar-refractivity contribution in [2.75, 3.05) is 6.61 Å².